The maximum absolute atomic E-state index is 12.9. The summed E-state index contributed by atoms with van der Waals surface area (Å²) in [6, 6.07) is 16.8. The van der Waals surface area contributed by atoms with Crippen LogP contribution < -0.4 is 5.73 Å². The highest BCUT2D eigenvalue weighted by Crippen LogP contribution is 2.35. The van der Waals surface area contributed by atoms with Gasteiger partial charge in [0.1, 0.15) is 0 Å². The predicted octanol–water partition coefficient (Wildman–Crippen LogP) is 2.81. The standard InChI is InChI=1S/C17H19BrN2O2S/c18-15-6-8-16(9-7-15)23(21,22)20-11-14(10-19)17(12-20)13-4-2-1-3-5-13/h1-9,14,17H,10-12,19H2/t14-,17+/m1/s1. The van der Waals surface area contributed by atoms with Crippen LogP contribution in [-0.4, -0.2) is 32.4 Å². The van der Waals surface area contributed by atoms with E-state index in [2.05, 4.69) is 15.9 Å². The summed E-state index contributed by atoms with van der Waals surface area (Å²) in [5.74, 6) is 0.286. The number of nitrogens with zero attached hydrogens (tertiary/aromatic N) is 1. The molecule has 1 aliphatic rings. The van der Waals surface area contributed by atoms with Crippen LogP contribution in [0.25, 0.3) is 0 Å². The molecule has 0 saturated carbocycles. The SMILES string of the molecule is NC[C@@H]1CN(S(=O)(=O)c2ccc(Br)cc2)C[C@H]1c1ccccc1. The molecule has 3 rings (SSSR count). The Labute approximate surface area is 145 Å². The summed E-state index contributed by atoms with van der Waals surface area (Å²) < 4.78 is 28.1. The molecule has 4 nitrogen and oxygen atoms in total. The monoisotopic (exact) mass is 394 g/mol. The van der Waals surface area contributed by atoms with Crippen molar-refractivity contribution in [1.82, 2.24) is 4.31 Å². The Hall–Kier alpha value is -1.21. The first-order chi connectivity index (χ1) is 11.0. The van der Waals surface area contributed by atoms with Crippen molar-refractivity contribution in [3.05, 3.63) is 64.6 Å². The lowest BCUT2D eigenvalue weighted by Gasteiger charge is -2.17. The minimum absolute atomic E-state index is 0.141. The Bertz CT molecular complexity index is 763. The molecule has 2 N–H and O–H groups in total. The molecule has 122 valence electrons. The second kappa shape index (κ2) is 6.73. The highest BCUT2D eigenvalue weighted by atomic mass is 79.9. The van der Waals surface area contributed by atoms with E-state index >= 15 is 0 Å². The molecule has 1 aliphatic heterocycles. The molecular formula is C17H19BrN2O2S. The lowest BCUT2D eigenvalue weighted by atomic mass is 9.89. The second-order valence-corrected chi connectivity index (χ2v) is 8.64. The van der Waals surface area contributed by atoms with Crippen LogP contribution in [0.1, 0.15) is 11.5 Å². The fraction of sp³-hybridized carbons (Fsp3) is 0.294. The van der Waals surface area contributed by atoms with Crippen LogP contribution >= 0.6 is 15.9 Å². The van der Waals surface area contributed by atoms with E-state index in [1.807, 2.05) is 30.3 Å². The molecule has 0 radical (unpaired) electrons. The zero-order valence-electron chi connectivity index (χ0n) is 12.6. The number of hydrogen-bond donors (Lipinski definition) is 1. The van der Waals surface area contributed by atoms with Gasteiger partial charge in [0.05, 0.1) is 4.90 Å². The third-order valence-electron chi connectivity index (χ3n) is 4.39. The normalized spacial score (nSPS) is 22.3. The van der Waals surface area contributed by atoms with Crippen molar-refractivity contribution >= 4 is 26.0 Å². The van der Waals surface area contributed by atoms with Gasteiger partial charge in [-0.2, -0.15) is 4.31 Å². The van der Waals surface area contributed by atoms with Crippen molar-refractivity contribution in [2.24, 2.45) is 11.7 Å². The molecule has 1 saturated heterocycles. The number of rotatable bonds is 4. The number of halogens is 1. The maximum atomic E-state index is 12.9. The van der Waals surface area contributed by atoms with Crippen LogP contribution in [0.3, 0.4) is 0 Å². The summed E-state index contributed by atoms with van der Waals surface area (Å²) in [5, 5.41) is 0. The predicted molar refractivity (Wildman–Crippen MR) is 94.6 cm³/mol. The summed E-state index contributed by atoms with van der Waals surface area (Å²) in [5.41, 5.74) is 7.05. The van der Waals surface area contributed by atoms with Crippen molar-refractivity contribution in [3.63, 3.8) is 0 Å². The molecule has 0 aromatic heterocycles. The van der Waals surface area contributed by atoms with E-state index in [1.54, 1.807) is 28.6 Å². The minimum atomic E-state index is -3.48. The Morgan fingerprint density at radius 2 is 1.70 bits per heavy atom. The summed E-state index contributed by atoms with van der Waals surface area (Å²) in [6.45, 7) is 1.42. The molecule has 23 heavy (non-hydrogen) atoms. The molecular weight excluding hydrogens is 376 g/mol. The zero-order valence-corrected chi connectivity index (χ0v) is 15.0. The van der Waals surface area contributed by atoms with Gasteiger partial charge in [-0.3, -0.25) is 0 Å². The Kier molecular flexibility index (Phi) is 4.87. The summed E-state index contributed by atoms with van der Waals surface area (Å²) in [6.07, 6.45) is 0. The molecule has 0 aliphatic carbocycles. The Morgan fingerprint density at radius 1 is 1.04 bits per heavy atom. The van der Waals surface area contributed by atoms with E-state index in [-0.39, 0.29) is 11.8 Å². The van der Waals surface area contributed by atoms with E-state index in [4.69, 9.17) is 5.73 Å². The van der Waals surface area contributed by atoms with Crippen molar-refractivity contribution in [2.45, 2.75) is 10.8 Å². The molecule has 1 heterocycles. The van der Waals surface area contributed by atoms with Gasteiger partial charge < -0.3 is 5.73 Å². The van der Waals surface area contributed by atoms with Crippen LogP contribution in [0.5, 0.6) is 0 Å². The van der Waals surface area contributed by atoms with Crippen molar-refractivity contribution in [3.8, 4) is 0 Å². The first-order valence-corrected chi connectivity index (χ1v) is 9.76. The van der Waals surface area contributed by atoms with Crippen molar-refractivity contribution in [2.75, 3.05) is 19.6 Å². The Balaban J connectivity index is 1.88. The average Bonchev–Trinajstić information content (AvgIpc) is 3.01. The summed E-state index contributed by atoms with van der Waals surface area (Å²) in [4.78, 5) is 0.324. The summed E-state index contributed by atoms with van der Waals surface area (Å²) >= 11 is 3.33. The fourth-order valence-electron chi connectivity index (χ4n) is 3.10. The molecule has 0 bridgehead atoms. The highest BCUT2D eigenvalue weighted by Gasteiger charge is 2.39. The molecule has 2 aromatic carbocycles. The van der Waals surface area contributed by atoms with Gasteiger partial charge >= 0.3 is 0 Å². The van der Waals surface area contributed by atoms with E-state index < -0.39 is 10.0 Å². The van der Waals surface area contributed by atoms with E-state index in [0.717, 1.165) is 10.0 Å². The zero-order chi connectivity index (χ0) is 16.4. The molecule has 0 amide bonds. The fourth-order valence-corrected chi connectivity index (χ4v) is 4.89. The van der Waals surface area contributed by atoms with E-state index in [9.17, 15) is 8.42 Å². The molecule has 1 fully saturated rings. The topological polar surface area (TPSA) is 63.4 Å². The lowest BCUT2D eigenvalue weighted by molar-refractivity contribution is 0.459. The van der Waals surface area contributed by atoms with E-state index in [1.165, 1.54) is 0 Å². The van der Waals surface area contributed by atoms with Crippen molar-refractivity contribution < 1.29 is 8.42 Å². The quantitative estimate of drug-likeness (QED) is 0.866. The molecule has 2 aromatic rings. The highest BCUT2D eigenvalue weighted by molar-refractivity contribution is 9.10. The molecule has 2 atom stereocenters. The van der Waals surface area contributed by atoms with Crippen LogP contribution in [0.2, 0.25) is 0 Å². The van der Waals surface area contributed by atoms with Crippen LogP contribution in [0.15, 0.2) is 64.0 Å². The van der Waals surface area contributed by atoms with Gasteiger partial charge in [0.25, 0.3) is 0 Å². The van der Waals surface area contributed by atoms with Gasteiger partial charge in [-0.05, 0) is 42.3 Å². The molecule has 0 unspecified atom stereocenters. The number of benzene rings is 2. The van der Waals surface area contributed by atoms with Crippen LogP contribution in [0.4, 0.5) is 0 Å². The van der Waals surface area contributed by atoms with Gasteiger partial charge in [-0.1, -0.05) is 46.3 Å². The minimum Gasteiger partial charge on any atom is -0.330 e. The smallest absolute Gasteiger partial charge is 0.243 e. The first kappa shape index (κ1) is 16.6. The van der Waals surface area contributed by atoms with Gasteiger partial charge in [-0.15, -0.1) is 0 Å². The third kappa shape index (κ3) is 3.35. The van der Waals surface area contributed by atoms with E-state index in [0.29, 0.717) is 24.5 Å². The average molecular weight is 395 g/mol. The molecule has 6 heteroatoms. The van der Waals surface area contributed by atoms with Gasteiger partial charge in [0.2, 0.25) is 10.0 Å². The summed E-state index contributed by atoms with van der Waals surface area (Å²) in [7, 11) is -3.48. The first-order valence-electron chi connectivity index (χ1n) is 7.53. The van der Waals surface area contributed by atoms with Crippen LogP contribution in [-0.2, 0) is 10.0 Å². The Morgan fingerprint density at radius 3 is 2.30 bits per heavy atom. The number of nitrogens with two attached hydrogens (primary N) is 1. The van der Waals surface area contributed by atoms with Crippen molar-refractivity contribution in [1.29, 1.82) is 0 Å². The molecule has 0 spiro atoms. The third-order valence-corrected chi connectivity index (χ3v) is 6.76. The van der Waals surface area contributed by atoms with Gasteiger partial charge in [0.15, 0.2) is 0 Å². The largest absolute Gasteiger partial charge is 0.330 e. The number of hydrogen-bond acceptors (Lipinski definition) is 3. The second-order valence-electron chi connectivity index (χ2n) is 5.79. The van der Waals surface area contributed by atoms with Gasteiger partial charge in [-0.25, -0.2) is 8.42 Å². The lowest BCUT2D eigenvalue weighted by Crippen LogP contribution is -2.30. The van der Waals surface area contributed by atoms with Crippen LogP contribution in [0, 0.1) is 5.92 Å². The van der Waals surface area contributed by atoms with Gasteiger partial charge in [0, 0.05) is 23.5 Å². The number of sulfonamides is 1. The maximum Gasteiger partial charge on any atom is 0.243 e.